The second-order valence-electron chi connectivity index (χ2n) is 1.92. The van der Waals surface area contributed by atoms with Crippen LogP contribution in [0.4, 0.5) is 5.69 Å². The first kappa shape index (κ1) is 10.7. The number of anilines is 1. The van der Waals surface area contributed by atoms with Crippen LogP contribution in [0.3, 0.4) is 0 Å². The van der Waals surface area contributed by atoms with E-state index in [1.165, 1.54) is 0 Å². The fourth-order valence-electron chi connectivity index (χ4n) is 0.587. The van der Waals surface area contributed by atoms with E-state index in [-0.39, 0.29) is 0 Å². The molecule has 4 heteroatoms. The number of nitrogen functional groups attached to an aromatic ring is 1. The SMILES string of the molecule is Cc1ccccc1N.S=S=S. The molecule has 0 amide bonds. The van der Waals surface area contributed by atoms with Crippen molar-refractivity contribution < 1.29 is 0 Å². The third-order valence-corrected chi connectivity index (χ3v) is 1.19. The molecule has 11 heavy (non-hydrogen) atoms. The second-order valence-corrected chi connectivity index (χ2v) is 3.69. The normalized spacial score (nSPS) is 7.73. The molecule has 0 spiro atoms. The maximum atomic E-state index is 5.52. The minimum absolute atomic E-state index is 0.868. The lowest BCUT2D eigenvalue weighted by Gasteiger charge is -1.93. The highest BCUT2D eigenvalue weighted by molar-refractivity contribution is 8.37. The van der Waals surface area contributed by atoms with Crippen molar-refractivity contribution >= 4 is 36.9 Å². The zero-order chi connectivity index (χ0) is 8.69. The van der Waals surface area contributed by atoms with Gasteiger partial charge in [-0.05, 0) is 18.6 Å². The first-order valence-corrected chi connectivity index (χ1v) is 5.62. The Morgan fingerprint density at radius 2 is 1.73 bits per heavy atom. The molecule has 0 bridgehead atoms. The number of benzene rings is 1. The van der Waals surface area contributed by atoms with Crippen LogP contribution in [0.5, 0.6) is 0 Å². The number of hydrogen-bond acceptors (Lipinski definition) is 3. The van der Waals surface area contributed by atoms with Crippen molar-refractivity contribution in [2.24, 2.45) is 0 Å². The Kier molecular flexibility index (Phi) is 6.21. The van der Waals surface area contributed by atoms with Gasteiger partial charge >= 0.3 is 0 Å². The molecule has 1 aromatic carbocycles. The first-order valence-electron chi connectivity index (χ1n) is 2.95. The van der Waals surface area contributed by atoms with Gasteiger partial charge in [0.15, 0.2) is 0 Å². The topological polar surface area (TPSA) is 26.0 Å². The Bertz CT molecular complexity index is 233. The van der Waals surface area contributed by atoms with E-state index >= 15 is 0 Å². The molecule has 0 atom stereocenters. The third-order valence-electron chi connectivity index (χ3n) is 1.19. The largest absolute Gasteiger partial charge is 0.399 e. The zero-order valence-electron chi connectivity index (χ0n) is 6.11. The van der Waals surface area contributed by atoms with Crippen LogP contribution < -0.4 is 5.73 Å². The highest BCUT2D eigenvalue weighted by Gasteiger charge is 1.84. The van der Waals surface area contributed by atoms with Crippen molar-refractivity contribution in [2.45, 2.75) is 6.92 Å². The average Bonchev–Trinajstić information content (AvgIpc) is 1.97. The molecule has 0 heterocycles. The second kappa shape index (κ2) is 6.39. The summed E-state index contributed by atoms with van der Waals surface area (Å²) in [5, 5.41) is 0. The molecular weight excluding hydrogens is 194 g/mol. The van der Waals surface area contributed by atoms with Gasteiger partial charge in [0.2, 0.25) is 0 Å². The summed E-state index contributed by atoms with van der Waals surface area (Å²) in [5.41, 5.74) is 7.53. The maximum Gasteiger partial charge on any atom is 0.0343 e. The Hall–Kier alpha value is -0.320. The van der Waals surface area contributed by atoms with Gasteiger partial charge in [-0.3, -0.25) is 0 Å². The van der Waals surface area contributed by atoms with Crippen LogP contribution >= 0.6 is 0 Å². The van der Waals surface area contributed by atoms with Crippen molar-refractivity contribution in [3.8, 4) is 0 Å². The third kappa shape index (κ3) is 5.01. The van der Waals surface area contributed by atoms with Gasteiger partial charge in [0.1, 0.15) is 0 Å². The number of nitrogens with two attached hydrogens (primary N) is 1. The summed E-state index contributed by atoms with van der Waals surface area (Å²) in [6.07, 6.45) is 0. The predicted octanol–water partition coefficient (Wildman–Crippen LogP) is 1.57. The minimum Gasteiger partial charge on any atom is -0.399 e. The molecule has 1 rings (SSSR count). The maximum absolute atomic E-state index is 5.52. The van der Waals surface area contributed by atoms with Gasteiger partial charge in [0, 0.05) is 36.9 Å². The van der Waals surface area contributed by atoms with Gasteiger partial charge in [-0.15, -0.1) is 0 Å². The van der Waals surface area contributed by atoms with E-state index in [4.69, 9.17) is 5.73 Å². The van der Waals surface area contributed by atoms with Crippen LogP contribution in [0.15, 0.2) is 24.3 Å². The Morgan fingerprint density at radius 3 is 2.00 bits per heavy atom. The molecule has 0 aliphatic heterocycles. The van der Waals surface area contributed by atoms with Gasteiger partial charge in [0.05, 0.1) is 0 Å². The molecular formula is C7H9NS3. The summed E-state index contributed by atoms with van der Waals surface area (Å²) in [6.45, 7) is 2.00. The fraction of sp³-hybridized carbons (Fsp3) is 0.143. The van der Waals surface area contributed by atoms with Gasteiger partial charge in [-0.2, -0.15) is 0 Å². The molecule has 0 unspecified atom stereocenters. The van der Waals surface area contributed by atoms with E-state index in [0.717, 1.165) is 20.1 Å². The summed E-state index contributed by atoms with van der Waals surface area (Å²) in [4.78, 5) is 0. The van der Waals surface area contributed by atoms with Crippen LogP contribution in [-0.2, 0) is 31.3 Å². The molecule has 0 radical (unpaired) electrons. The molecule has 0 saturated carbocycles. The van der Waals surface area contributed by atoms with Crippen LogP contribution in [0.2, 0.25) is 0 Å². The highest BCUT2D eigenvalue weighted by Crippen LogP contribution is 2.06. The van der Waals surface area contributed by atoms with Crippen molar-refractivity contribution in [3.63, 3.8) is 0 Å². The van der Waals surface area contributed by atoms with Crippen molar-refractivity contribution in [3.05, 3.63) is 29.8 Å². The minimum atomic E-state index is 0.868. The molecule has 0 fully saturated rings. The zero-order valence-corrected chi connectivity index (χ0v) is 8.56. The lowest BCUT2D eigenvalue weighted by molar-refractivity contribution is 1.47. The lowest BCUT2D eigenvalue weighted by atomic mass is 10.2. The van der Waals surface area contributed by atoms with Gasteiger partial charge < -0.3 is 5.73 Å². The van der Waals surface area contributed by atoms with E-state index in [9.17, 15) is 0 Å². The van der Waals surface area contributed by atoms with E-state index in [0.29, 0.717) is 0 Å². The summed E-state index contributed by atoms with van der Waals surface area (Å²) in [5.74, 6) is 0. The molecule has 2 N–H and O–H groups in total. The van der Waals surface area contributed by atoms with E-state index in [2.05, 4.69) is 22.4 Å². The first-order chi connectivity index (χ1) is 5.22. The van der Waals surface area contributed by atoms with Crippen LogP contribution in [0.1, 0.15) is 5.56 Å². The van der Waals surface area contributed by atoms with Crippen molar-refractivity contribution in [1.29, 1.82) is 0 Å². The summed E-state index contributed by atoms with van der Waals surface area (Å²) in [6, 6.07) is 7.80. The standard InChI is InChI=1S/C7H9N.S3/c1-6-4-2-3-5-7(6)8;1-3-2/h2-5H,8H2,1H3;. The van der Waals surface area contributed by atoms with Gasteiger partial charge in [-0.25, -0.2) is 0 Å². The van der Waals surface area contributed by atoms with Crippen LogP contribution in [0, 0.1) is 6.92 Å². The smallest absolute Gasteiger partial charge is 0.0343 e. The Labute approximate surface area is 79.5 Å². The van der Waals surface area contributed by atoms with Crippen LogP contribution in [0.25, 0.3) is 0 Å². The quantitative estimate of drug-likeness (QED) is 0.648. The van der Waals surface area contributed by atoms with Gasteiger partial charge in [-0.1, -0.05) is 18.2 Å². The average molecular weight is 203 g/mol. The van der Waals surface area contributed by atoms with E-state index < -0.39 is 0 Å². The Balaban J connectivity index is 0.000000292. The summed E-state index contributed by atoms with van der Waals surface area (Å²) >= 11 is 8.25. The van der Waals surface area contributed by atoms with Gasteiger partial charge in [0.25, 0.3) is 0 Å². The summed E-state index contributed by atoms with van der Waals surface area (Å²) < 4.78 is 0. The molecule has 0 aromatic heterocycles. The van der Waals surface area contributed by atoms with E-state index in [1.54, 1.807) is 0 Å². The molecule has 0 saturated heterocycles. The molecule has 1 aromatic rings. The number of aryl methyl sites for hydroxylation is 1. The molecule has 1 nitrogen and oxygen atoms in total. The Morgan fingerprint density at radius 1 is 1.27 bits per heavy atom. The number of para-hydroxylation sites is 1. The monoisotopic (exact) mass is 203 g/mol. The number of rotatable bonds is 0. The molecule has 0 aliphatic rings. The fourth-order valence-corrected chi connectivity index (χ4v) is 0.587. The number of hydrogen-bond donors (Lipinski definition) is 1. The molecule has 0 aliphatic carbocycles. The summed E-state index contributed by atoms with van der Waals surface area (Å²) in [7, 11) is 0.917. The molecule has 60 valence electrons. The van der Waals surface area contributed by atoms with E-state index in [1.807, 2.05) is 31.2 Å². The predicted molar refractivity (Wildman–Crippen MR) is 57.7 cm³/mol. The lowest BCUT2D eigenvalue weighted by Crippen LogP contribution is -1.85. The van der Waals surface area contributed by atoms with Crippen molar-refractivity contribution in [1.82, 2.24) is 0 Å². The highest BCUT2D eigenvalue weighted by atomic mass is 33.1. The van der Waals surface area contributed by atoms with Crippen LogP contribution in [-0.4, -0.2) is 0 Å². The van der Waals surface area contributed by atoms with Crippen molar-refractivity contribution in [2.75, 3.05) is 5.73 Å².